The Kier molecular flexibility index (Phi) is 5.07. The molecule has 0 bridgehead atoms. The lowest BCUT2D eigenvalue weighted by molar-refractivity contribution is -0.165. The third kappa shape index (κ3) is 4.24. The first-order valence-electron chi connectivity index (χ1n) is 6.86. The highest BCUT2D eigenvalue weighted by Gasteiger charge is 2.34. The quantitative estimate of drug-likeness (QED) is 0.811. The van der Waals surface area contributed by atoms with Gasteiger partial charge in [0.15, 0.2) is 0 Å². The molecular weight excluding hydrogens is 296 g/mol. The van der Waals surface area contributed by atoms with Gasteiger partial charge in [-0.15, -0.1) is 0 Å². The molecule has 22 heavy (non-hydrogen) atoms. The third-order valence-corrected chi connectivity index (χ3v) is 3.27. The summed E-state index contributed by atoms with van der Waals surface area (Å²) in [5.41, 5.74) is -0.398. The Balaban J connectivity index is 1.71. The van der Waals surface area contributed by atoms with E-state index in [4.69, 9.17) is 9.47 Å². The molecule has 2 rings (SSSR count). The Morgan fingerprint density at radius 2 is 2.09 bits per heavy atom. The van der Waals surface area contributed by atoms with Crippen LogP contribution < -0.4 is 5.32 Å². The molecule has 1 aliphatic heterocycles. The summed E-state index contributed by atoms with van der Waals surface area (Å²) in [6, 6.07) is 2.67. The Morgan fingerprint density at radius 3 is 2.68 bits per heavy atom. The fourth-order valence-electron chi connectivity index (χ4n) is 1.91. The zero-order valence-electron chi connectivity index (χ0n) is 12.2. The lowest BCUT2D eigenvalue weighted by Gasteiger charge is -2.37. The molecular formula is C15H17F2NO4. The molecule has 1 amide bonds. The van der Waals surface area contributed by atoms with Crippen molar-refractivity contribution in [1.82, 2.24) is 5.32 Å². The van der Waals surface area contributed by atoms with Crippen molar-refractivity contribution in [2.45, 2.75) is 13.3 Å². The van der Waals surface area contributed by atoms with Crippen molar-refractivity contribution < 1.29 is 27.8 Å². The predicted octanol–water partition coefficient (Wildman–Crippen LogP) is 1.66. The van der Waals surface area contributed by atoms with Gasteiger partial charge in [0.2, 0.25) is 0 Å². The Hall–Kier alpha value is -2.02. The predicted molar refractivity (Wildman–Crippen MR) is 73.2 cm³/mol. The van der Waals surface area contributed by atoms with Gasteiger partial charge in [-0.2, -0.15) is 0 Å². The molecule has 0 saturated carbocycles. The second-order valence-electron chi connectivity index (χ2n) is 5.59. The summed E-state index contributed by atoms with van der Waals surface area (Å²) in [5, 5.41) is 2.39. The fourth-order valence-corrected chi connectivity index (χ4v) is 1.91. The largest absolute Gasteiger partial charge is 0.465 e. The summed E-state index contributed by atoms with van der Waals surface area (Å²) in [4.78, 5) is 23.2. The minimum absolute atomic E-state index is 0.0156. The van der Waals surface area contributed by atoms with Crippen LogP contribution in [0.2, 0.25) is 0 Å². The van der Waals surface area contributed by atoms with E-state index in [2.05, 4.69) is 5.32 Å². The smallest absolute Gasteiger partial charge is 0.307 e. The van der Waals surface area contributed by atoms with Crippen LogP contribution in [0.25, 0.3) is 0 Å². The molecule has 0 atom stereocenters. The van der Waals surface area contributed by atoms with Crippen LogP contribution in [0.3, 0.4) is 0 Å². The van der Waals surface area contributed by atoms with E-state index in [9.17, 15) is 18.4 Å². The van der Waals surface area contributed by atoms with Crippen LogP contribution >= 0.6 is 0 Å². The first kappa shape index (κ1) is 16.4. The van der Waals surface area contributed by atoms with Gasteiger partial charge in [-0.05, 0) is 12.1 Å². The van der Waals surface area contributed by atoms with Crippen LogP contribution in [0.4, 0.5) is 8.78 Å². The molecule has 1 heterocycles. The summed E-state index contributed by atoms with van der Waals surface area (Å²) < 4.78 is 36.2. The maximum Gasteiger partial charge on any atom is 0.307 e. The summed E-state index contributed by atoms with van der Waals surface area (Å²) in [7, 11) is 0. The van der Waals surface area contributed by atoms with E-state index in [1.165, 1.54) is 0 Å². The lowest BCUT2D eigenvalue weighted by Crippen LogP contribution is -2.44. The van der Waals surface area contributed by atoms with Gasteiger partial charge in [0.05, 0.1) is 25.2 Å². The molecule has 7 heteroatoms. The number of nitrogens with one attached hydrogen (secondary N) is 1. The molecule has 1 N–H and O–H groups in total. The van der Waals surface area contributed by atoms with Crippen molar-refractivity contribution in [2.75, 3.05) is 26.4 Å². The minimum Gasteiger partial charge on any atom is -0.465 e. The molecule has 0 radical (unpaired) electrons. The van der Waals surface area contributed by atoms with Gasteiger partial charge in [-0.3, -0.25) is 9.59 Å². The lowest BCUT2D eigenvalue weighted by atomic mass is 9.90. The normalized spacial score (nSPS) is 15.8. The molecule has 1 aliphatic rings. The molecule has 1 saturated heterocycles. The molecule has 1 aromatic carbocycles. The van der Waals surface area contributed by atoms with E-state index < -0.39 is 23.5 Å². The topological polar surface area (TPSA) is 64.6 Å². The van der Waals surface area contributed by atoms with Gasteiger partial charge < -0.3 is 14.8 Å². The highest BCUT2D eigenvalue weighted by molar-refractivity contribution is 5.94. The number of hydrogen-bond acceptors (Lipinski definition) is 4. The second-order valence-corrected chi connectivity index (χ2v) is 5.59. The molecule has 0 unspecified atom stereocenters. The van der Waals surface area contributed by atoms with Gasteiger partial charge in [-0.25, -0.2) is 8.78 Å². The van der Waals surface area contributed by atoms with E-state index in [1.54, 1.807) is 0 Å². The molecule has 1 aromatic rings. The van der Waals surface area contributed by atoms with Gasteiger partial charge >= 0.3 is 5.97 Å². The second kappa shape index (κ2) is 6.83. The van der Waals surface area contributed by atoms with E-state index in [-0.39, 0.29) is 30.6 Å². The van der Waals surface area contributed by atoms with Crippen molar-refractivity contribution in [3.63, 3.8) is 0 Å². The third-order valence-electron chi connectivity index (χ3n) is 3.27. The van der Waals surface area contributed by atoms with Crippen LogP contribution in [0.5, 0.6) is 0 Å². The van der Waals surface area contributed by atoms with Crippen molar-refractivity contribution in [3.05, 3.63) is 35.4 Å². The van der Waals surface area contributed by atoms with Gasteiger partial charge in [-0.1, -0.05) is 6.92 Å². The molecule has 120 valence electrons. The molecule has 0 aromatic heterocycles. The summed E-state index contributed by atoms with van der Waals surface area (Å²) in [6.45, 7) is 3.35. The van der Waals surface area contributed by atoms with Gasteiger partial charge in [0.25, 0.3) is 5.91 Å². The Bertz CT molecular complexity index is 573. The average Bonchev–Trinajstić information content (AvgIpc) is 2.43. The number of benzene rings is 1. The number of halogens is 2. The first-order chi connectivity index (χ1) is 10.4. The summed E-state index contributed by atoms with van der Waals surface area (Å²) >= 11 is 0. The molecule has 1 fully saturated rings. The fraction of sp³-hybridized carbons (Fsp3) is 0.467. The summed E-state index contributed by atoms with van der Waals surface area (Å²) in [6.07, 6.45) is -0.0223. The standard InChI is InChI=1S/C15H17F2NO4/c1-15(7-21-8-15)9-22-13(19)4-5-18-14(20)11-3-2-10(16)6-12(11)17/h2-3,6H,4-5,7-9H2,1H3,(H,18,20). The van der Waals surface area contributed by atoms with Crippen LogP contribution in [0.1, 0.15) is 23.7 Å². The zero-order valence-corrected chi connectivity index (χ0v) is 12.2. The Morgan fingerprint density at radius 1 is 1.36 bits per heavy atom. The van der Waals surface area contributed by atoms with E-state index in [1.807, 2.05) is 6.92 Å². The van der Waals surface area contributed by atoms with Gasteiger partial charge in [0.1, 0.15) is 18.2 Å². The van der Waals surface area contributed by atoms with E-state index in [0.29, 0.717) is 19.3 Å². The van der Waals surface area contributed by atoms with Crippen LogP contribution in [-0.4, -0.2) is 38.2 Å². The average molecular weight is 313 g/mol. The van der Waals surface area contributed by atoms with Gasteiger partial charge in [0, 0.05) is 18.0 Å². The maximum atomic E-state index is 13.4. The Labute approximate surface area is 126 Å². The first-order valence-corrected chi connectivity index (χ1v) is 6.86. The number of amides is 1. The van der Waals surface area contributed by atoms with Crippen LogP contribution in [-0.2, 0) is 14.3 Å². The highest BCUT2D eigenvalue weighted by atomic mass is 19.1. The van der Waals surface area contributed by atoms with Crippen molar-refractivity contribution in [2.24, 2.45) is 5.41 Å². The van der Waals surface area contributed by atoms with Crippen molar-refractivity contribution in [3.8, 4) is 0 Å². The highest BCUT2D eigenvalue weighted by Crippen LogP contribution is 2.26. The number of carbonyl (C=O) groups is 2. The monoisotopic (exact) mass is 313 g/mol. The number of carbonyl (C=O) groups excluding carboxylic acids is 2. The van der Waals surface area contributed by atoms with Crippen LogP contribution in [0, 0.1) is 17.0 Å². The number of hydrogen-bond donors (Lipinski definition) is 1. The summed E-state index contributed by atoms with van der Waals surface area (Å²) in [5.74, 6) is -2.86. The maximum absolute atomic E-state index is 13.4. The molecule has 0 spiro atoms. The number of esters is 1. The SMILES string of the molecule is CC1(COC(=O)CCNC(=O)c2ccc(F)cc2F)COC1. The van der Waals surface area contributed by atoms with E-state index >= 15 is 0 Å². The molecule has 0 aliphatic carbocycles. The number of ether oxygens (including phenoxy) is 2. The van der Waals surface area contributed by atoms with Crippen molar-refractivity contribution in [1.29, 1.82) is 0 Å². The zero-order chi connectivity index (χ0) is 16.2. The number of rotatable bonds is 6. The van der Waals surface area contributed by atoms with Crippen molar-refractivity contribution >= 4 is 11.9 Å². The van der Waals surface area contributed by atoms with E-state index in [0.717, 1.165) is 12.1 Å². The molecule has 5 nitrogen and oxygen atoms in total. The minimum atomic E-state index is -0.946. The van der Waals surface area contributed by atoms with Crippen LogP contribution in [0.15, 0.2) is 18.2 Å².